The van der Waals surface area contributed by atoms with Crippen molar-refractivity contribution in [2.24, 2.45) is 0 Å². The van der Waals surface area contributed by atoms with Gasteiger partial charge in [-0.3, -0.25) is 9.59 Å². The number of carboxylic acids is 1. The predicted molar refractivity (Wildman–Crippen MR) is 63.3 cm³/mol. The Morgan fingerprint density at radius 1 is 1.00 bits per heavy atom. The summed E-state index contributed by atoms with van der Waals surface area (Å²) >= 11 is 0. The molecule has 16 heavy (non-hydrogen) atoms. The fourth-order valence-corrected chi connectivity index (χ4v) is 1.52. The van der Waals surface area contributed by atoms with Crippen molar-refractivity contribution in [2.45, 2.75) is 52.4 Å². The largest absolute Gasteiger partial charge is 0.481 e. The molecule has 0 aliphatic carbocycles. The van der Waals surface area contributed by atoms with Crippen LogP contribution in [0.3, 0.4) is 0 Å². The lowest BCUT2D eigenvalue weighted by atomic mass is 10.2. The van der Waals surface area contributed by atoms with E-state index in [4.69, 9.17) is 5.11 Å². The molecule has 0 atom stereocenters. The molecule has 0 aromatic heterocycles. The third kappa shape index (κ3) is 7.26. The molecule has 94 valence electrons. The standard InChI is InChI=1S/C12H23NO3/c1-3-5-6-9-13(10-8-12(15)16)11(14)7-4-2/h3-10H2,1-2H3,(H,15,16). The number of carboxylic acid groups (broad SMARTS) is 1. The molecule has 0 saturated heterocycles. The molecule has 1 N–H and O–H groups in total. The molecule has 0 bridgehead atoms. The first kappa shape index (κ1) is 14.9. The number of aliphatic carboxylic acids is 1. The molecule has 0 aromatic rings. The van der Waals surface area contributed by atoms with Gasteiger partial charge >= 0.3 is 5.97 Å². The summed E-state index contributed by atoms with van der Waals surface area (Å²) in [6.45, 7) is 5.10. The maximum absolute atomic E-state index is 11.7. The zero-order valence-electron chi connectivity index (χ0n) is 10.4. The average molecular weight is 229 g/mol. The highest BCUT2D eigenvalue weighted by Gasteiger charge is 2.13. The Kier molecular flexibility index (Phi) is 8.58. The average Bonchev–Trinajstić information content (AvgIpc) is 2.23. The van der Waals surface area contributed by atoms with Crippen LogP contribution < -0.4 is 0 Å². The zero-order valence-corrected chi connectivity index (χ0v) is 10.4. The van der Waals surface area contributed by atoms with Crippen LogP contribution in [0, 0.1) is 0 Å². The van der Waals surface area contributed by atoms with Crippen LogP contribution in [-0.2, 0) is 9.59 Å². The monoisotopic (exact) mass is 229 g/mol. The van der Waals surface area contributed by atoms with Gasteiger partial charge in [0.05, 0.1) is 6.42 Å². The van der Waals surface area contributed by atoms with Gasteiger partial charge in [-0.25, -0.2) is 0 Å². The molecule has 0 saturated carbocycles. The summed E-state index contributed by atoms with van der Waals surface area (Å²) in [5.74, 6) is -0.760. The van der Waals surface area contributed by atoms with Gasteiger partial charge < -0.3 is 10.0 Å². The van der Waals surface area contributed by atoms with Crippen molar-refractivity contribution in [3.63, 3.8) is 0 Å². The molecule has 0 fully saturated rings. The highest BCUT2D eigenvalue weighted by molar-refractivity contribution is 5.76. The Bertz CT molecular complexity index is 216. The van der Waals surface area contributed by atoms with Gasteiger partial charge in [0.15, 0.2) is 0 Å². The predicted octanol–water partition coefficient (Wildman–Crippen LogP) is 2.28. The van der Waals surface area contributed by atoms with E-state index in [0.29, 0.717) is 19.5 Å². The molecule has 1 amide bonds. The van der Waals surface area contributed by atoms with Gasteiger partial charge in [-0.1, -0.05) is 26.7 Å². The fourth-order valence-electron chi connectivity index (χ4n) is 1.52. The quantitative estimate of drug-likeness (QED) is 0.617. The van der Waals surface area contributed by atoms with Crippen LogP contribution in [0.5, 0.6) is 0 Å². The number of hydrogen-bond acceptors (Lipinski definition) is 2. The minimum Gasteiger partial charge on any atom is -0.481 e. The SMILES string of the molecule is CCCCCN(CCC(=O)O)C(=O)CCC. The van der Waals surface area contributed by atoms with E-state index >= 15 is 0 Å². The minimum atomic E-state index is -0.843. The molecular weight excluding hydrogens is 206 g/mol. The molecular formula is C12H23NO3. The summed E-state index contributed by atoms with van der Waals surface area (Å²) in [5.41, 5.74) is 0. The van der Waals surface area contributed by atoms with Crippen LogP contribution in [0.2, 0.25) is 0 Å². The molecule has 0 heterocycles. The van der Waals surface area contributed by atoms with Crippen molar-refractivity contribution in [2.75, 3.05) is 13.1 Å². The van der Waals surface area contributed by atoms with Crippen molar-refractivity contribution in [1.82, 2.24) is 4.90 Å². The third-order valence-corrected chi connectivity index (χ3v) is 2.44. The molecule has 0 aliphatic rings. The number of carbonyl (C=O) groups excluding carboxylic acids is 1. The second kappa shape index (κ2) is 9.19. The van der Waals surface area contributed by atoms with Crippen molar-refractivity contribution in [1.29, 1.82) is 0 Å². The van der Waals surface area contributed by atoms with E-state index in [2.05, 4.69) is 6.92 Å². The molecule has 0 aliphatic heterocycles. The number of hydrogen-bond donors (Lipinski definition) is 1. The summed E-state index contributed by atoms with van der Waals surface area (Å²) in [4.78, 5) is 23.8. The maximum Gasteiger partial charge on any atom is 0.305 e. The van der Waals surface area contributed by atoms with E-state index in [-0.39, 0.29) is 12.3 Å². The highest BCUT2D eigenvalue weighted by Crippen LogP contribution is 2.03. The Hall–Kier alpha value is -1.06. The Labute approximate surface area is 97.6 Å². The lowest BCUT2D eigenvalue weighted by molar-refractivity contribution is -0.138. The van der Waals surface area contributed by atoms with E-state index in [0.717, 1.165) is 25.7 Å². The van der Waals surface area contributed by atoms with Gasteiger partial charge in [-0.2, -0.15) is 0 Å². The van der Waals surface area contributed by atoms with Crippen LogP contribution >= 0.6 is 0 Å². The summed E-state index contributed by atoms with van der Waals surface area (Å²) < 4.78 is 0. The summed E-state index contributed by atoms with van der Waals surface area (Å²) in [5, 5.41) is 8.61. The van der Waals surface area contributed by atoms with Crippen LogP contribution in [-0.4, -0.2) is 35.0 Å². The van der Waals surface area contributed by atoms with Gasteiger partial charge in [0.2, 0.25) is 5.91 Å². The molecule has 0 spiro atoms. The number of rotatable bonds is 9. The van der Waals surface area contributed by atoms with Crippen LogP contribution in [0.4, 0.5) is 0 Å². The van der Waals surface area contributed by atoms with Crippen molar-refractivity contribution in [3.8, 4) is 0 Å². The van der Waals surface area contributed by atoms with Crippen molar-refractivity contribution < 1.29 is 14.7 Å². The van der Waals surface area contributed by atoms with Crippen molar-refractivity contribution in [3.05, 3.63) is 0 Å². The molecule has 0 rings (SSSR count). The van der Waals surface area contributed by atoms with Crippen LogP contribution in [0.15, 0.2) is 0 Å². The lowest BCUT2D eigenvalue weighted by Gasteiger charge is -2.21. The third-order valence-electron chi connectivity index (χ3n) is 2.44. The van der Waals surface area contributed by atoms with Gasteiger partial charge in [0.1, 0.15) is 0 Å². The van der Waals surface area contributed by atoms with Crippen molar-refractivity contribution >= 4 is 11.9 Å². The first-order valence-electron chi connectivity index (χ1n) is 6.11. The second-order valence-electron chi connectivity index (χ2n) is 3.98. The smallest absolute Gasteiger partial charge is 0.305 e. The normalized spacial score (nSPS) is 10.1. The molecule has 4 nitrogen and oxygen atoms in total. The zero-order chi connectivity index (χ0) is 12.4. The van der Waals surface area contributed by atoms with E-state index < -0.39 is 5.97 Å². The lowest BCUT2D eigenvalue weighted by Crippen LogP contribution is -2.33. The van der Waals surface area contributed by atoms with Crippen LogP contribution in [0.25, 0.3) is 0 Å². The first-order valence-corrected chi connectivity index (χ1v) is 6.11. The first-order chi connectivity index (χ1) is 7.61. The minimum absolute atomic E-state index is 0.0432. The summed E-state index contributed by atoms with van der Waals surface area (Å²) in [7, 11) is 0. The van der Waals surface area contributed by atoms with Gasteiger partial charge in [-0.05, 0) is 12.8 Å². The molecule has 4 heteroatoms. The Morgan fingerprint density at radius 2 is 1.69 bits per heavy atom. The van der Waals surface area contributed by atoms with E-state index in [1.165, 1.54) is 0 Å². The van der Waals surface area contributed by atoms with Gasteiger partial charge in [-0.15, -0.1) is 0 Å². The number of nitrogens with zero attached hydrogens (tertiary/aromatic N) is 1. The van der Waals surface area contributed by atoms with E-state index in [9.17, 15) is 9.59 Å². The van der Waals surface area contributed by atoms with Crippen LogP contribution in [0.1, 0.15) is 52.4 Å². The second-order valence-corrected chi connectivity index (χ2v) is 3.98. The number of amides is 1. The summed E-state index contributed by atoms with van der Waals surface area (Å²) in [6.07, 6.45) is 4.53. The molecule has 0 radical (unpaired) electrons. The van der Waals surface area contributed by atoms with E-state index in [1.54, 1.807) is 4.90 Å². The maximum atomic E-state index is 11.7. The summed E-state index contributed by atoms with van der Waals surface area (Å²) in [6, 6.07) is 0. The fraction of sp³-hybridized carbons (Fsp3) is 0.833. The number of unbranched alkanes of at least 4 members (excludes halogenated alkanes) is 2. The van der Waals surface area contributed by atoms with Gasteiger partial charge in [0.25, 0.3) is 0 Å². The number of carbonyl (C=O) groups is 2. The van der Waals surface area contributed by atoms with E-state index in [1.807, 2.05) is 6.92 Å². The molecule has 0 aromatic carbocycles. The Balaban J connectivity index is 4.04. The topological polar surface area (TPSA) is 57.6 Å². The highest BCUT2D eigenvalue weighted by atomic mass is 16.4. The molecule has 0 unspecified atom stereocenters. The van der Waals surface area contributed by atoms with Gasteiger partial charge in [0, 0.05) is 19.5 Å². The Morgan fingerprint density at radius 3 is 2.19 bits per heavy atom.